The number of hydrogen-bond acceptors (Lipinski definition) is 4. The summed E-state index contributed by atoms with van der Waals surface area (Å²) in [6.45, 7) is 0. The number of nitrogens with one attached hydrogen (secondary N) is 1. The van der Waals surface area contributed by atoms with E-state index in [1.807, 2.05) is 32.6 Å². The molecule has 0 aromatic carbocycles. The summed E-state index contributed by atoms with van der Waals surface area (Å²) in [6, 6.07) is 2.34. The highest BCUT2D eigenvalue weighted by atomic mass is 32.1. The molecule has 18 heavy (non-hydrogen) atoms. The summed E-state index contributed by atoms with van der Waals surface area (Å²) in [5.74, 6) is 2.09. The fraction of sp³-hybridized carbons (Fsp3) is 0.462. The van der Waals surface area contributed by atoms with E-state index in [0.29, 0.717) is 6.04 Å². The molecule has 0 aliphatic heterocycles. The average molecular weight is 265 g/mol. The van der Waals surface area contributed by atoms with Crippen LogP contribution in [0.4, 0.5) is 0 Å². The van der Waals surface area contributed by atoms with Gasteiger partial charge in [0.1, 0.15) is 11.6 Å². The summed E-state index contributed by atoms with van der Waals surface area (Å²) >= 11 is 1.73. The van der Waals surface area contributed by atoms with Crippen molar-refractivity contribution < 1.29 is 4.74 Å². The lowest BCUT2D eigenvalue weighted by molar-refractivity contribution is 0.402. The van der Waals surface area contributed by atoms with Gasteiger partial charge in [0.05, 0.1) is 12.0 Å². The average Bonchev–Trinajstić information content (AvgIpc) is 2.99. The van der Waals surface area contributed by atoms with E-state index in [0.717, 1.165) is 24.4 Å². The van der Waals surface area contributed by atoms with Gasteiger partial charge in [-0.15, -0.1) is 11.3 Å². The van der Waals surface area contributed by atoms with E-state index in [9.17, 15) is 0 Å². The fourth-order valence-electron chi connectivity index (χ4n) is 2.05. The van der Waals surface area contributed by atoms with Gasteiger partial charge in [-0.25, -0.2) is 4.98 Å². The van der Waals surface area contributed by atoms with Gasteiger partial charge in [-0.05, 0) is 24.9 Å². The van der Waals surface area contributed by atoms with E-state index in [2.05, 4.69) is 20.2 Å². The number of rotatable bonds is 6. The predicted molar refractivity (Wildman–Crippen MR) is 74.2 cm³/mol. The normalized spacial score (nSPS) is 12.6. The lowest BCUT2D eigenvalue weighted by atomic mass is 10.1. The summed E-state index contributed by atoms with van der Waals surface area (Å²) in [5, 5.41) is 5.42. The van der Waals surface area contributed by atoms with Crippen molar-refractivity contribution in [1.29, 1.82) is 0 Å². The number of aromatic nitrogens is 2. The van der Waals surface area contributed by atoms with Gasteiger partial charge in [0.25, 0.3) is 0 Å². The van der Waals surface area contributed by atoms with Crippen LogP contribution < -0.4 is 10.1 Å². The molecule has 0 fully saturated rings. The molecule has 0 saturated heterocycles. The molecule has 1 unspecified atom stereocenters. The molecule has 2 aromatic rings. The lowest BCUT2D eigenvalue weighted by Gasteiger charge is -2.16. The number of imidazole rings is 1. The highest BCUT2D eigenvalue weighted by Gasteiger charge is 2.16. The van der Waals surface area contributed by atoms with Crippen LogP contribution >= 0.6 is 11.3 Å². The van der Waals surface area contributed by atoms with Crippen LogP contribution in [0, 0.1) is 0 Å². The highest BCUT2D eigenvalue weighted by molar-refractivity contribution is 7.10. The maximum absolute atomic E-state index is 5.38. The highest BCUT2D eigenvalue weighted by Crippen LogP contribution is 2.32. The fourth-order valence-corrected chi connectivity index (χ4v) is 3.05. The van der Waals surface area contributed by atoms with Crippen molar-refractivity contribution in [1.82, 2.24) is 14.9 Å². The van der Waals surface area contributed by atoms with Crippen LogP contribution in [0.1, 0.15) is 23.2 Å². The first-order chi connectivity index (χ1) is 8.76. The summed E-state index contributed by atoms with van der Waals surface area (Å²) in [7, 11) is 5.74. The van der Waals surface area contributed by atoms with Crippen molar-refractivity contribution in [3.8, 4) is 5.75 Å². The predicted octanol–water partition coefficient (Wildman–Crippen LogP) is 2.38. The number of hydrogen-bond donors (Lipinski definition) is 1. The molecule has 98 valence electrons. The van der Waals surface area contributed by atoms with Crippen molar-refractivity contribution in [3.05, 3.63) is 34.5 Å². The standard InChI is InChI=1S/C13H19N3OS/c1-14-10(13-11(17-3)6-9-18-13)4-5-12-15-7-8-16(12)2/h6-10,14H,4-5H2,1-3H3. The molecule has 0 saturated carbocycles. The Bertz CT molecular complexity index is 492. The van der Waals surface area contributed by atoms with Crippen LogP contribution in [0.5, 0.6) is 5.75 Å². The third-order valence-electron chi connectivity index (χ3n) is 3.12. The molecule has 0 aliphatic rings. The van der Waals surface area contributed by atoms with Gasteiger partial charge in [-0.3, -0.25) is 0 Å². The van der Waals surface area contributed by atoms with Crippen molar-refractivity contribution in [2.45, 2.75) is 18.9 Å². The quantitative estimate of drug-likeness (QED) is 0.871. The minimum Gasteiger partial charge on any atom is -0.496 e. The van der Waals surface area contributed by atoms with E-state index in [1.165, 1.54) is 4.88 Å². The summed E-state index contributed by atoms with van der Waals surface area (Å²) in [4.78, 5) is 5.61. The molecular weight excluding hydrogens is 246 g/mol. The Morgan fingerprint density at radius 3 is 3.00 bits per heavy atom. The molecule has 0 aliphatic carbocycles. The van der Waals surface area contributed by atoms with Crippen molar-refractivity contribution in [2.75, 3.05) is 14.2 Å². The molecule has 2 heterocycles. The smallest absolute Gasteiger partial charge is 0.134 e. The SMILES string of the molecule is CNC(CCc1nccn1C)c1sccc1OC. The Morgan fingerprint density at radius 1 is 1.56 bits per heavy atom. The lowest BCUT2D eigenvalue weighted by Crippen LogP contribution is -2.17. The third-order valence-corrected chi connectivity index (χ3v) is 4.13. The van der Waals surface area contributed by atoms with Crippen LogP contribution in [0.25, 0.3) is 0 Å². The van der Waals surface area contributed by atoms with Crippen molar-refractivity contribution >= 4 is 11.3 Å². The van der Waals surface area contributed by atoms with Crippen molar-refractivity contribution in [3.63, 3.8) is 0 Å². The second-order valence-electron chi connectivity index (χ2n) is 4.19. The van der Waals surface area contributed by atoms with Crippen LogP contribution in [0.2, 0.25) is 0 Å². The molecule has 5 heteroatoms. The Morgan fingerprint density at radius 2 is 2.39 bits per heavy atom. The molecule has 0 radical (unpaired) electrons. The largest absolute Gasteiger partial charge is 0.496 e. The van der Waals surface area contributed by atoms with Crippen LogP contribution in [0.3, 0.4) is 0 Å². The van der Waals surface area contributed by atoms with Crippen LogP contribution in [0.15, 0.2) is 23.8 Å². The van der Waals surface area contributed by atoms with Gasteiger partial charge in [-0.1, -0.05) is 0 Å². The van der Waals surface area contributed by atoms with Crippen molar-refractivity contribution in [2.24, 2.45) is 7.05 Å². The number of aryl methyl sites for hydroxylation is 2. The molecule has 1 N–H and O–H groups in total. The summed E-state index contributed by atoms with van der Waals surface area (Å²) in [5.41, 5.74) is 0. The summed E-state index contributed by atoms with van der Waals surface area (Å²) in [6.07, 6.45) is 5.79. The van der Waals surface area contributed by atoms with E-state index in [4.69, 9.17) is 4.74 Å². The van der Waals surface area contributed by atoms with E-state index in [1.54, 1.807) is 18.4 Å². The Hall–Kier alpha value is -1.33. The Balaban J connectivity index is 2.04. The zero-order valence-electron chi connectivity index (χ0n) is 11.0. The van der Waals surface area contributed by atoms with Crippen LogP contribution in [-0.2, 0) is 13.5 Å². The van der Waals surface area contributed by atoms with Gasteiger partial charge in [0, 0.05) is 31.9 Å². The van der Waals surface area contributed by atoms with Gasteiger partial charge in [0.15, 0.2) is 0 Å². The van der Waals surface area contributed by atoms with Gasteiger partial charge < -0.3 is 14.6 Å². The second kappa shape index (κ2) is 6.02. The Labute approximate surface area is 112 Å². The first kappa shape index (κ1) is 13.1. The zero-order chi connectivity index (χ0) is 13.0. The van der Waals surface area contributed by atoms with E-state index >= 15 is 0 Å². The zero-order valence-corrected chi connectivity index (χ0v) is 11.8. The maximum atomic E-state index is 5.38. The van der Waals surface area contributed by atoms with Gasteiger partial charge in [0.2, 0.25) is 0 Å². The molecule has 1 atom stereocenters. The first-order valence-corrected chi connectivity index (χ1v) is 6.89. The monoisotopic (exact) mass is 265 g/mol. The van der Waals surface area contributed by atoms with Crippen LogP contribution in [-0.4, -0.2) is 23.7 Å². The van der Waals surface area contributed by atoms with Gasteiger partial charge >= 0.3 is 0 Å². The number of methoxy groups -OCH3 is 1. The topological polar surface area (TPSA) is 39.1 Å². The molecule has 2 rings (SSSR count). The van der Waals surface area contributed by atoms with Gasteiger partial charge in [-0.2, -0.15) is 0 Å². The molecule has 0 bridgehead atoms. The minimum atomic E-state index is 0.316. The molecule has 4 nitrogen and oxygen atoms in total. The van der Waals surface area contributed by atoms with E-state index in [-0.39, 0.29) is 0 Å². The minimum absolute atomic E-state index is 0.316. The number of thiophene rings is 1. The number of ether oxygens (including phenoxy) is 1. The number of nitrogens with zero attached hydrogens (tertiary/aromatic N) is 2. The molecule has 0 amide bonds. The second-order valence-corrected chi connectivity index (χ2v) is 5.14. The van der Waals surface area contributed by atoms with E-state index < -0.39 is 0 Å². The molecule has 2 aromatic heterocycles. The first-order valence-electron chi connectivity index (χ1n) is 6.01. The summed E-state index contributed by atoms with van der Waals surface area (Å²) < 4.78 is 7.45. The Kier molecular flexibility index (Phi) is 4.38. The third kappa shape index (κ3) is 2.73. The molecule has 0 spiro atoms. The maximum Gasteiger partial charge on any atom is 0.134 e. The molecular formula is C13H19N3OS.